The van der Waals surface area contributed by atoms with Gasteiger partial charge in [0.25, 0.3) is 0 Å². The van der Waals surface area contributed by atoms with Gasteiger partial charge in [-0.25, -0.2) is 0 Å². The van der Waals surface area contributed by atoms with Gasteiger partial charge >= 0.3 is 11.9 Å². The minimum atomic E-state index is -0.710. The highest BCUT2D eigenvalue weighted by molar-refractivity contribution is 6.01. The van der Waals surface area contributed by atoms with Gasteiger partial charge in [0.1, 0.15) is 5.75 Å². The molecule has 3 atom stereocenters. The second kappa shape index (κ2) is 4.45. The monoisotopic (exact) mass is 298 g/mol. The maximum Gasteiger partial charge on any atom is 0.320 e. The second-order valence-corrected chi connectivity index (χ2v) is 6.55. The van der Waals surface area contributed by atoms with E-state index in [1.54, 1.807) is 7.11 Å². The average Bonchev–Trinajstić information content (AvgIpc) is 2.76. The van der Waals surface area contributed by atoms with Crippen molar-refractivity contribution in [2.75, 3.05) is 7.11 Å². The van der Waals surface area contributed by atoms with Crippen LogP contribution in [0.25, 0.3) is 5.57 Å². The molecule has 1 aromatic rings. The lowest BCUT2D eigenvalue weighted by Crippen LogP contribution is -2.42. The molecule has 0 saturated carbocycles. The first-order chi connectivity index (χ1) is 10.6. The first-order valence-corrected chi connectivity index (χ1v) is 7.69. The number of esters is 2. The number of allylic oxidation sites excluding steroid dienone is 2. The van der Waals surface area contributed by atoms with Gasteiger partial charge in [-0.15, -0.1) is 0 Å². The van der Waals surface area contributed by atoms with E-state index in [4.69, 9.17) is 9.47 Å². The van der Waals surface area contributed by atoms with E-state index in [0.717, 1.165) is 18.6 Å². The molecule has 0 spiro atoms. The van der Waals surface area contributed by atoms with Crippen molar-refractivity contribution in [3.63, 3.8) is 0 Å². The van der Waals surface area contributed by atoms with Gasteiger partial charge < -0.3 is 9.47 Å². The summed E-state index contributed by atoms with van der Waals surface area (Å²) >= 11 is 0. The summed E-state index contributed by atoms with van der Waals surface area (Å²) in [6.07, 6.45) is 4.46. The summed E-state index contributed by atoms with van der Waals surface area (Å²) < 4.78 is 10.3. The van der Waals surface area contributed by atoms with E-state index in [-0.39, 0.29) is 23.8 Å². The third kappa shape index (κ3) is 1.58. The molecule has 1 fully saturated rings. The van der Waals surface area contributed by atoms with Crippen LogP contribution in [0.5, 0.6) is 5.75 Å². The molecule has 0 bridgehead atoms. The van der Waals surface area contributed by atoms with E-state index in [2.05, 4.69) is 18.2 Å². The topological polar surface area (TPSA) is 52.6 Å². The van der Waals surface area contributed by atoms with Crippen molar-refractivity contribution in [1.82, 2.24) is 0 Å². The predicted molar refractivity (Wildman–Crippen MR) is 80.1 cm³/mol. The Hall–Kier alpha value is -2.10. The molecular weight excluding hydrogens is 280 g/mol. The Bertz CT molecular complexity index is 718. The lowest BCUT2D eigenvalue weighted by molar-refractivity contribution is -0.155. The highest BCUT2D eigenvalue weighted by Crippen LogP contribution is 2.56. The molecule has 2 aliphatic carbocycles. The molecule has 1 heterocycles. The van der Waals surface area contributed by atoms with Crippen LogP contribution in [0.15, 0.2) is 24.3 Å². The number of aryl methyl sites for hydroxylation is 1. The molecule has 0 aromatic heterocycles. The number of carbonyl (C=O) groups excluding carboxylic acids is 2. The number of fused-ring (bicyclic) bond motifs is 5. The van der Waals surface area contributed by atoms with Crippen molar-refractivity contribution in [3.8, 4) is 5.75 Å². The predicted octanol–water partition coefficient (Wildman–Crippen LogP) is 2.75. The van der Waals surface area contributed by atoms with E-state index in [0.29, 0.717) is 6.42 Å². The number of hydrogen-bond donors (Lipinski definition) is 0. The Labute approximate surface area is 129 Å². The van der Waals surface area contributed by atoms with Gasteiger partial charge in [-0.1, -0.05) is 12.1 Å². The van der Waals surface area contributed by atoms with Crippen molar-refractivity contribution in [2.45, 2.75) is 26.2 Å². The first kappa shape index (κ1) is 13.6. The van der Waals surface area contributed by atoms with Gasteiger partial charge in [0.15, 0.2) is 0 Å². The standard InChI is InChI=1S/C18H18O4/c1-18-14-7-3-10-9-11(21-2)4-5-12(10)13(14)6-8-15(18)16(19)22-17(18)20/h4-6,9,14-15H,3,7-8H2,1-2H3. The summed E-state index contributed by atoms with van der Waals surface area (Å²) in [7, 11) is 1.67. The Morgan fingerprint density at radius 2 is 2.09 bits per heavy atom. The fourth-order valence-corrected chi connectivity index (χ4v) is 4.33. The largest absolute Gasteiger partial charge is 0.497 e. The molecule has 4 nitrogen and oxygen atoms in total. The molecule has 3 unspecified atom stereocenters. The molecule has 22 heavy (non-hydrogen) atoms. The van der Waals surface area contributed by atoms with Gasteiger partial charge in [0.05, 0.1) is 18.4 Å². The zero-order valence-electron chi connectivity index (χ0n) is 12.7. The number of methoxy groups -OCH3 is 1. The van der Waals surface area contributed by atoms with Crippen LogP contribution in [0.4, 0.5) is 0 Å². The van der Waals surface area contributed by atoms with E-state index in [1.807, 2.05) is 13.0 Å². The molecule has 4 rings (SSSR count). The van der Waals surface area contributed by atoms with E-state index in [9.17, 15) is 9.59 Å². The Morgan fingerprint density at radius 3 is 2.86 bits per heavy atom. The maximum absolute atomic E-state index is 12.3. The summed E-state index contributed by atoms with van der Waals surface area (Å²) in [4.78, 5) is 24.3. The van der Waals surface area contributed by atoms with Gasteiger partial charge in [-0.05, 0) is 55.0 Å². The molecule has 1 aromatic carbocycles. The quantitative estimate of drug-likeness (QED) is 0.591. The number of benzene rings is 1. The van der Waals surface area contributed by atoms with Crippen molar-refractivity contribution < 1.29 is 19.1 Å². The highest BCUT2D eigenvalue weighted by Gasteiger charge is 2.60. The molecule has 0 N–H and O–H groups in total. The second-order valence-electron chi connectivity index (χ2n) is 6.55. The Balaban J connectivity index is 1.82. The number of rotatable bonds is 1. The minimum Gasteiger partial charge on any atom is -0.497 e. The summed E-state index contributed by atoms with van der Waals surface area (Å²) in [5.74, 6) is -0.119. The van der Waals surface area contributed by atoms with Gasteiger partial charge in [0, 0.05) is 5.92 Å². The van der Waals surface area contributed by atoms with Crippen LogP contribution in [0, 0.1) is 17.3 Å². The first-order valence-electron chi connectivity index (χ1n) is 7.69. The smallest absolute Gasteiger partial charge is 0.320 e. The van der Waals surface area contributed by atoms with E-state index < -0.39 is 5.41 Å². The third-order valence-electron chi connectivity index (χ3n) is 5.64. The zero-order chi connectivity index (χ0) is 15.5. The summed E-state index contributed by atoms with van der Waals surface area (Å²) in [5.41, 5.74) is 2.92. The molecule has 1 aliphatic heterocycles. The summed E-state index contributed by atoms with van der Waals surface area (Å²) in [6.45, 7) is 1.90. The fourth-order valence-electron chi connectivity index (χ4n) is 4.33. The number of hydrogen-bond acceptors (Lipinski definition) is 4. The van der Waals surface area contributed by atoms with Crippen molar-refractivity contribution in [3.05, 3.63) is 35.4 Å². The Morgan fingerprint density at radius 1 is 1.27 bits per heavy atom. The van der Waals surface area contributed by atoms with Crippen LogP contribution in [0.2, 0.25) is 0 Å². The normalized spacial score (nSPS) is 32.5. The molecular formula is C18H18O4. The molecule has 4 heteroatoms. The maximum atomic E-state index is 12.3. The third-order valence-corrected chi connectivity index (χ3v) is 5.64. The molecule has 0 amide bonds. The van der Waals surface area contributed by atoms with Crippen molar-refractivity contribution in [1.29, 1.82) is 0 Å². The fraction of sp³-hybridized carbons (Fsp3) is 0.444. The average molecular weight is 298 g/mol. The van der Waals surface area contributed by atoms with Crippen LogP contribution < -0.4 is 4.74 Å². The zero-order valence-corrected chi connectivity index (χ0v) is 12.7. The molecule has 1 saturated heterocycles. The number of carbonyl (C=O) groups is 2. The van der Waals surface area contributed by atoms with Crippen LogP contribution in [-0.4, -0.2) is 19.0 Å². The van der Waals surface area contributed by atoms with E-state index >= 15 is 0 Å². The summed E-state index contributed by atoms with van der Waals surface area (Å²) in [6, 6.07) is 6.09. The molecule has 3 aliphatic rings. The number of ether oxygens (including phenoxy) is 2. The highest BCUT2D eigenvalue weighted by atomic mass is 16.6. The molecule has 0 radical (unpaired) electrons. The van der Waals surface area contributed by atoms with Crippen LogP contribution in [0.1, 0.15) is 30.9 Å². The van der Waals surface area contributed by atoms with Gasteiger partial charge in [-0.3, -0.25) is 9.59 Å². The van der Waals surface area contributed by atoms with Crippen molar-refractivity contribution in [2.24, 2.45) is 17.3 Å². The van der Waals surface area contributed by atoms with Crippen LogP contribution in [-0.2, 0) is 20.7 Å². The minimum absolute atomic E-state index is 0.0612. The van der Waals surface area contributed by atoms with E-state index in [1.165, 1.54) is 16.7 Å². The van der Waals surface area contributed by atoms with Crippen molar-refractivity contribution >= 4 is 17.5 Å². The molecule has 114 valence electrons. The van der Waals surface area contributed by atoms with Crippen LogP contribution >= 0.6 is 0 Å². The lowest BCUT2D eigenvalue weighted by Gasteiger charge is -2.42. The van der Waals surface area contributed by atoms with Gasteiger partial charge in [-0.2, -0.15) is 0 Å². The van der Waals surface area contributed by atoms with Crippen LogP contribution in [0.3, 0.4) is 0 Å². The summed E-state index contributed by atoms with van der Waals surface area (Å²) in [5, 5.41) is 0. The SMILES string of the molecule is COc1ccc2c(c1)CCC1C2=CCC2C(=O)OC(=O)C21C. The Kier molecular flexibility index (Phi) is 2.74. The van der Waals surface area contributed by atoms with Gasteiger partial charge in [0.2, 0.25) is 0 Å². The lowest BCUT2D eigenvalue weighted by atomic mass is 9.57. The number of cyclic esters (lactones) is 2.